The second-order valence-electron chi connectivity index (χ2n) is 10.4. The molecular formula is C20H26O4. The average molecular weight is 330 g/mol. The summed E-state index contributed by atoms with van der Waals surface area (Å²) in [4.78, 5) is 0. The first kappa shape index (κ1) is 13.1. The number of fused-ring (bicyclic) bond motifs is 4. The predicted octanol–water partition coefficient (Wildman–Crippen LogP) is 1.05. The van der Waals surface area contributed by atoms with Gasteiger partial charge in [-0.25, -0.2) is 0 Å². The highest BCUT2D eigenvalue weighted by Gasteiger charge is 2.89. The van der Waals surface area contributed by atoms with Gasteiger partial charge in [-0.2, -0.15) is 0 Å². The SMILES string of the molecule is OC[C@]12O[C@@H]3CC[C@@H]4[C@@H]3[C@@H]1[C@@H]1[C@H]3[C@@H]5[C@@H]6[C@@H](CC[C@@H]6O[C@]5(CO)[C@@H]41)[C@@H]32. The predicted molar refractivity (Wildman–Crippen MR) is 82.7 cm³/mol. The van der Waals surface area contributed by atoms with E-state index in [0.29, 0.717) is 71.4 Å². The summed E-state index contributed by atoms with van der Waals surface area (Å²) in [6.07, 6.45) is 5.59. The number of hydrogen-bond donors (Lipinski definition) is 2. The molecule has 0 spiro atoms. The summed E-state index contributed by atoms with van der Waals surface area (Å²) in [7, 11) is 0. The third-order valence-electron chi connectivity index (χ3n) is 10.8. The number of aliphatic hydroxyl groups is 2. The quantitative estimate of drug-likeness (QED) is 0.795. The van der Waals surface area contributed by atoms with Crippen LogP contribution in [0.25, 0.3) is 0 Å². The highest BCUT2D eigenvalue weighted by Crippen LogP contribution is 2.86. The third kappa shape index (κ3) is 0.915. The fourth-order valence-electron chi connectivity index (χ4n) is 11.1. The largest absolute Gasteiger partial charge is 0.393 e. The summed E-state index contributed by atoms with van der Waals surface area (Å²) in [6.45, 7) is 0.463. The first-order chi connectivity index (χ1) is 11.8. The minimum absolute atomic E-state index is 0.232. The molecule has 6 aliphatic carbocycles. The summed E-state index contributed by atoms with van der Waals surface area (Å²) in [5, 5.41) is 21.2. The Balaban J connectivity index is 1.44. The molecule has 0 unspecified atom stereocenters. The Morgan fingerprint density at radius 2 is 1.08 bits per heavy atom. The molecule has 0 aromatic carbocycles. The Morgan fingerprint density at radius 3 is 1.50 bits per heavy atom. The van der Waals surface area contributed by atoms with Gasteiger partial charge in [0.1, 0.15) is 0 Å². The van der Waals surface area contributed by atoms with E-state index < -0.39 is 0 Å². The van der Waals surface area contributed by atoms with Crippen molar-refractivity contribution in [3.8, 4) is 0 Å². The van der Waals surface area contributed by atoms with Gasteiger partial charge in [0, 0.05) is 0 Å². The van der Waals surface area contributed by atoms with Crippen LogP contribution in [0.4, 0.5) is 0 Å². The van der Waals surface area contributed by atoms with Crippen LogP contribution in [0.15, 0.2) is 0 Å². The van der Waals surface area contributed by atoms with Gasteiger partial charge in [-0.3, -0.25) is 0 Å². The van der Waals surface area contributed by atoms with Crippen molar-refractivity contribution in [2.24, 2.45) is 59.2 Å². The number of hydrogen-bond acceptors (Lipinski definition) is 4. The van der Waals surface area contributed by atoms with Crippen LogP contribution >= 0.6 is 0 Å². The van der Waals surface area contributed by atoms with Crippen LogP contribution in [0.2, 0.25) is 0 Å². The Labute approximate surface area is 141 Å². The molecule has 8 rings (SSSR count). The summed E-state index contributed by atoms with van der Waals surface area (Å²) >= 11 is 0. The highest BCUT2D eigenvalue weighted by atomic mass is 16.5. The van der Waals surface area contributed by atoms with Gasteiger partial charge >= 0.3 is 0 Å². The van der Waals surface area contributed by atoms with E-state index in [4.69, 9.17) is 9.47 Å². The molecule has 24 heavy (non-hydrogen) atoms. The molecule has 0 amide bonds. The van der Waals surface area contributed by atoms with E-state index in [1.165, 1.54) is 12.8 Å². The maximum Gasteiger partial charge on any atom is 0.0983 e. The van der Waals surface area contributed by atoms with Crippen molar-refractivity contribution < 1.29 is 19.7 Å². The third-order valence-corrected chi connectivity index (χ3v) is 10.8. The molecule has 2 saturated heterocycles. The molecule has 6 saturated carbocycles. The topological polar surface area (TPSA) is 58.9 Å². The molecule has 2 heterocycles. The fraction of sp³-hybridized carbons (Fsp3) is 1.00. The molecule has 4 nitrogen and oxygen atoms in total. The highest BCUT2D eigenvalue weighted by molar-refractivity contribution is 5.36. The number of rotatable bonds is 2. The van der Waals surface area contributed by atoms with E-state index in [1.54, 1.807) is 0 Å². The van der Waals surface area contributed by atoms with Gasteiger partial charge in [0.05, 0.1) is 36.6 Å². The fourth-order valence-corrected chi connectivity index (χ4v) is 11.1. The van der Waals surface area contributed by atoms with Gasteiger partial charge in [0.25, 0.3) is 0 Å². The van der Waals surface area contributed by atoms with E-state index in [-0.39, 0.29) is 24.4 Å². The minimum atomic E-state index is -0.233. The van der Waals surface area contributed by atoms with Gasteiger partial charge < -0.3 is 19.7 Å². The van der Waals surface area contributed by atoms with E-state index >= 15 is 0 Å². The second kappa shape index (κ2) is 3.49. The Hall–Kier alpha value is -0.160. The maximum atomic E-state index is 10.6. The molecule has 8 aliphatic rings. The zero-order chi connectivity index (χ0) is 15.6. The van der Waals surface area contributed by atoms with Gasteiger partial charge in [-0.15, -0.1) is 0 Å². The van der Waals surface area contributed by atoms with Crippen LogP contribution in [0, 0.1) is 59.2 Å². The van der Waals surface area contributed by atoms with Crippen molar-refractivity contribution in [3.63, 3.8) is 0 Å². The molecule has 0 aromatic rings. The van der Waals surface area contributed by atoms with E-state index in [0.717, 1.165) is 12.8 Å². The van der Waals surface area contributed by atoms with E-state index in [9.17, 15) is 10.2 Å². The van der Waals surface area contributed by atoms with Gasteiger partial charge in [0.15, 0.2) is 0 Å². The lowest BCUT2D eigenvalue weighted by atomic mass is 9.72. The Bertz CT molecular complexity index is 610. The normalized spacial score (nSPS) is 77.2. The lowest BCUT2D eigenvalue weighted by Crippen LogP contribution is -2.48. The first-order valence-corrected chi connectivity index (χ1v) is 10.3. The van der Waals surface area contributed by atoms with E-state index in [2.05, 4.69) is 0 Å². The molecular weight excluding hydrogens is 304 g/mol. The van der Waals surface area contributed by atoms with Crippen molar-refractivity contribution in [2.75, 3.05) is 13.2 Å². The van der Waals surface area contributed by atoms with Crippen molar-refractivity contribution in [2.45, 2.75) is 49.1 Å². The summed E-state index contributed by atoms with van der Waals surface area (Å²) in [5.41, 5.74) is -0.465. The number of aliphatic hydroxyl groups excluding tert-OH is 2. The maximum absolute atomic E-state index is 10.6. The van der Waals surface area contributed by atoms with Crippen LogP contribution < -0.4 is 0 Å². The molecule has 8 fully saturated rings. The Kier molecular flexibility index (Phi) is 1.90. The molecule has 0 radical (unpaired) electrons. The van der Waals surface area contributed by atoms with Crippen LogP contribution in [0.1, 0.15) is 25.7 Å². The smallest absolute Gasteiger partial charge is 0.0983 e. The molecule has 0 aromatic heterocycles. The molecule has 2 N–H and O–H groups in total. The lowest BCUT2D eigenvalue weighted by molar-refractivity contribution is -0.147. The summed E-state index contributed by atoms with van der Waals surface area (Å²) in [6, 6.07) is 0. The van der Waals surface area contributed by atoms with Gasteiger partial charge in [-0.1, -0.05) is 0 Å². The van der Waals surface area contributed by atoms with Crippen molar-refractivity contribution in [3.05, 3.63) is 0 Å². The molecule has 0 bridgehead atoms. The van der Waals surface area contributed by atoms with E-state index in [1.807, 2.05) is 0 Å². The Morgan fingerprint density at radius 1 is 0.625 bits per heavy atom. The molecule has 4 heteroatoms. The monoisotopic (exact) mass is 330 g/mol. The lowest BCUT2D eigenvalue weighted by Gasteiger charge is -2.38. The van der Waals surface area contributed by atoms with Crippen LogP contribution in [0.5, 0.6) is 0 Å². The van der Waals surface area contributed by atoms with Crippen molar-refractivity contribution in [1.29, 1.82) is 0 Å². The molecule has 2 aliphatic heterocycles. The average Bonchev–Trinajstić information content (AvgIpc) is 3.36. The number of ether oxygens (including phenoxy) is 2. The standard InChI is InChI=1S/C20H26O4/c21-5-19-15-7-1-3-9-11(7)17-13(15)14-16(20(17,6-22)23-9)8-2-4-10(24-19)12(8)18(14)19/h7-18,21-22H,1-6H2/t7-,8-,9-,10+,11+,12-,13-,14-,15+,16+,17-,18+,19-,20-/m1/s1. The van der Waals surface area contributed by atoms with Gasteiger partial charge in [0.2, 0.25) is 0 Å². The van der Waals surface area contributed by atoms with Crippen LogP contribution in [0.3, 0.4) is 0 Å². The van der Waals surface area contributed by atoms with Gasteiger partial charge in [-0.05, 0) is 84.9 Å². The van der Waals surface area contributed by atoms with Crippen LogP contribution in [-0.4, -0.2) is 46.8 Å². The minimum Gasteiger partial charge on any atom is -0.393 e. The van der Waals surface area contributed by atoms with Crippen molar-refractivity contribution >= 4 is 0 Å². The van der Waals surface area contributed by atoms with Crippen molar-refractivity contribution in [1.82, 2.24) is 0 Å². The summed E-state index contributed by atoms with van der Waals surface area (Å²) < 4.78 is 13.6. The zero-order valence-corrected chi connectivity index (χ0v) is 13.9. The first-order valence-electron chi connectivity index (χ1n) is 10.3. The molecule has 14 atom stereocenters. The zero-order valence-electron chi connectivity index (χ0n) is 13.9. The summed E-state index contributed by atoms with van der Waals surface area (Å²) in [5.74, 6) is 6.15. The van der Waals surface area contributed by atoms with Crippen LogP contribution in [-0.2, 0) is 9.47 Å². The molecule has 130 valence electrons. The second-order valence-corrected chi connectivity index (χ2v) is 10.4.